The van der Waals surface area contributed by atoms with Crippen molar-refractivity contribution in [2.75, 3.05) is 19.6 Å². The lowest BCUT2D eigenvalue weighted by atomic mass is 10.1. The van der Waals surface area contributed by atoms with Crippen LogP contribution >= 0.6 is 11.3 Å². The second kappa shape index (κ2) is 9.09. The summed E-state index contributed by atoms with van der Waals surface area (Å²) in [4.78, 5) is 14.9. The first-order valence-corrected chi connectivity index (χ1v) is 10.3. The fraction of sp³-hybridized carbons (Fsp3) is 0.579. The topological polar surface area (TPSA) is 50.2 Å². The first-order valence-electron chi connectivity index (χ1n) is 9.50. The molecule has 28 heavy (non-hydrogen) atoms. The number of carbonyl (C=O) groups is 1. The monoisotopic (exact) mass is 414 g/mol. The van der Waals surface area contributed by atoms with Crippen LogP contribution in [0.2, 0.25) is 0 Å². The van der Waals surface area contributed by atoms with E-state index in [0.29, 0.717) is 18.3 Å². The van der Waals surface area contributed by atoms with Crippen LogP contribution in [0.1, 0.15) is 36.3 Å². The Bertz CT molecular complexity index is 780. The second-order valence-electron chi connectivity index (χ2n) is 7.10. The molecule has 0 saturated carbocycles. The Kier molecular flexibility index (Phi) is 6.77. The molecule has 0 aliphatic carbocycles. The van der Waals surface area contributed by atoms with Crippen molar-refractivity contribution in [1.82, 2.24) is 20.0 Å². The van der Waals surface area contributed by atoms with E-state index in [-0.39, 0.29) is 0 Å². The van der Waals surface area contributed by atoms with Crippen LogP contribution in [0, 0.1) is 0 Å². The Hall–Kier alpha value is -1.87. The van der Waals surface area contributed by atoms with Gasteiger partial charge in [-0.3, -0.25) is 9.48 Å². The first-order chi connectivity index (χ1) is 13.4. The summed E-state index contributed by atoms with van der Waals surface area (Å²) in [6.07, 6.45) is 1.49. The molecule has 1 amide bonds. The number of hydrogen-bond acceptors (Lipinski definition) is 4. The maximum absolute atomic E-state index is 13.0. The van der Waals surface area contributed by atoms with Crippen molar-refractivity contribution in [2.24, 2.45) is 7.05 Å². The zero-order valence-electron chi connectivity index (χ0n) is 15.8. The molecule has 0 radical (unpaired) electrons. The average molecular weight is 414 g/mol. The van der Waals surface area contributed by atoms with Gasteiger partial charge in [0.25, 0.3) is 0 Å². The number of aromatic nitrogens is 2. The standard InChI is InChI=1S/C19H25F3N4OS/c1-25-18(19(20,21)22)12-16(24-25)17-7-6-15(28-17)5-4-14(8-9-23-13-27)26-10-2-3-11-26/h6-7,12-14H,2-5,8-11H2,1H3,(H,23,27). The van der Waals surface area contributed by atoms with Crippen LogP contribution in [0.3, 0.4) is 0 Å². The number of halogens is 3. The third kappa shape index (κ3) is 5.14. The third-order valence-corrected chi connectivity index (χ3v) is 6.34. The smallest absolute Gasteiger partial charge is 0.359 e. The van der Waals surface area contributed by atoms with Crippen molar-refractivity contribution in [3.63, 3.8) is 0 Å². The molecule has 2 aromatic heterocycles. The summed E-state index contributed by atoms with van der Waals surface area (Å²) >= 11 is 1.50. The summed E-state index contributed by atoms with van der Waals surface area (Å²) in [5, 5.41) is 6.77. The number of nitrogens with one attached hydrogen (secondary N) is 1. The number of hydrogen-bond donors (Lipinski definition) is 1. The molecule has 154 valence electrons. The van der Waals surface area contributed by atoms with Crippen molar-refractivity contribution in [3.05, 3.63) is 28.8 Å². The lowest BCUT2D eigenvalue weighted by molar-refractivity contribution is -0.143. The van der Waals surface area contributed by atoms with E-state index in [9.17, 15) is 18.0 Å². The molecule has 1 aliphatic heterocycles. The molecule has 1 atom stereocenters. The molecule has 1 unspecified atom stereocenters. The predicted molar refractivity (Wildman–Crippen MR) is 103 cm³/mol. The van der Waals surface area contributed by atoms with Crippen molar-refractivity contribution in [2.45, 2.75) is 44.3 Å². The molecule has 9 heteroatoms. The SMILES string of the molecule is Cn1nc(-c2ccc(CCC(CCNC=O)N3CCCC3)s2)cc1C(F)(F)F. The Labute approximate surface area is 166 Å². The fourth-order valence-electron chi connectivity index (χ4n) is 3.74. The van der Waals surface area contributed by atoms with E-state index in [1.807, 2.05) is 12.1 Å². The van der Waals surface area contributed by atoms with E-state index in [1.165, 1.54) is 31.2 Å². The highest BCUT2D eigenvalue weighted by atomic mass is 32.1. The van der Waals surface area contributed by atoms with Gasteiger partial charge in [-0.1, -0.05) is 0 Å². The molecule has 3 rings (SSSR count). The summed E-state index contributed by atoms with van der Waals surface area (Å²) < 4.78 is 39.8. The quantitative estimate of drug-likeness (QED) is 0.503. The van der Waals surface area contributed by atoms with Gasteiger partial charge >= 0.3 is 6.18 Å². The highest BCUT2D eigenvalue weighted by Crippen LogP contribution is 2.34. The van der Waals surface area contributed by atoms with Gasteiger partial charge < -0.3 is 10.2 Å². The number of nitrogens with zero attached hydrogens (tertiary/aromatic N) is 3. The van der Waals surface area contributed by atoms with Crippen LogP contribution in [0.5, 0.6) is 0 Å². The zero-order chi connectivity index (χ0) is 20.1. The Morgan fingerprint density at radius 2 is 2.04 bits per heavy atom. The van der Waals surface area contributed by atoms with E-state index in [4.69, 9.17) is 0 Å². The van der Waals surface area contributed by atoms with E-state index in [2.05, 4.69) is 15.3 Å². The van der Waals surface area contributed by atoms with Gasteiger partial charge in [-0.05, 0) is 63.4 Å². The van der Waals surface area contributed by atoms with Crippen LogP contribution in [-0.4, -0.2) is 46.8 Å². The van der Waals surface area contributed by atoms with Gasteiger partial charge in [0, 0.05) is 24.5 Å². The Morgan fingerprint density at radius 3 is 2.68 bits per heavy atom. The molecule has 1 N–H and O–H groups in total. The van der Waals surface area contributed by atoms with Crippen molar-refractivity contribution >= 4 is 17.7 Å². The molecule has 2 aromatic rings. The molecule has 1 fully saturated rings. The number of likely N-dealkylation sites (tertiary alicyclic amines) is 1. The minimum atomic E-state index is -4.40. The highest BCUT2D eigenvalue weighted by molar-refractivity contribution is 7.15. The number of carbonyl (C=O) groups excluding carboxylic acids is 1. The van der Waals surface area contributed by atoms with E-state index in [1.54, 1.807) is 0 Å². The summed E-state index contributed by atoms with van der Waals surface area (Å²) in [5.74, 6) is 0. The van der Waals surface area contributed by atoms with Gasteiger partial charge in [0.1, 0.15) is 11.4 Å². The normalized spacial score (nSPS) is 16.4. The lowest BCUT2D eigenvalue weighted by Gasteiger charge is -2.27. The lowest BCUT2D eigenvalue weighted by Crippen LogP contribution is -2.35. The highest BCUT2D eigenvalue weighted by Gasteiger charge is 2.35. The number of thiophene rings is 1. The van der Waals surface area contributed by atoms with Crippen LogP contribution < -0.4 is 5.32 Å². The summed E-state index contributed by atoms with van der Waals surface area (Å²) in [5.41, 5.74) is -0.383. The molecule has 1 aliphatic rings. The maximum atomic E-state index is 13.0. The largest absolute Gasteiger partial charge is 0.433 e. The van der Waals surface area contributed by atoms with Crippen molar-refractivity contribution in [3.8, 4) is 10.6 Å². The fourth-order valence-corrected chi connectivity index (χ4v) is 4.72. The number of amides is 1. The predicted octanol–water partition coefficient (Wildman–Crippen LogP) is 3.70. The van der Waals surface area contributed by atoms with Crippen LogP contribution in [0.15, 0.2) is 18.2 Å². The zero-order valence-corrected chi connectivity index (χ0v) is 16.7. The minimum absolute atomic E-state index is 0.359. The summed E-state index contributed by atoms with van der Waals surface area (Å²) in [6.45, 7) is 2.85. The molecule has 3 heterocycles. The molecule has 0 spiro atoms. The van der Waals surface area contributed by atoms with Crippen LogP contribution in [-0.2, 0) is 24.4 Å². The van der Waals surface area contributed by atoms with Crippen molar-refractivity contribution < 1.29 is 18.0 Å². The van der Waals surface area contributed by atoms with E-state index in [0.717, 1.165) is 59.3 Å². The number of alkyl halides is 3. The van der Waals surface area contributed by atoms with Crippen LogP contribution in [0.4, 0.5) is 13.2 Å². The molecule has 0 aromatic carbocycles. The van der Waals surface area contributed by atoms with Gasteiger partial charge in [0.15, 0.2) is 0 Å². The van der Waals surface area contributed by atoms with Gasteiger partial charge in [-0.25, -0.2) is 0 Å². The van der Waals surface area contributed by atoms with Gasteiger partial charge in [-0.15, -0.1) is 11.3 Å². The maximum Gasteiger partial charge on any atom is 0.433 e. The molecular formula is C19H25F3N4OS. The van der Waals surface area contributed by atoms with Gasteiger partial charge in [-0.2, -0.15) is 18.3 Å². The minimum Gasteiger partial charge on any atom is -0.359 e. The van der Waals surface area contributed by atoms with Gasteiger partial charge in [0.2, 0.25) is 6.41 Å². The summed E-state index contributed by atoms with van der Waals surface area (Å²) in [6, 6.07) is 5.34. The third-order valence-electron chi connectivity index (χ3n) is 5.17. The summed E-state index contributed by atoms with van der Waals surface area (Å²) in [7, 11) is 1.31. The van der Waals surface area contributed by atoms with Gasteiger partial charge in [0.05, 0.1) is 4.88 Å². The van der Waals surface area contributed by atoms with Crippen molar-refractivity contribution in [1.29, 1.82) is 0 Å². The molecular weight excluding hydrogens is 389 g/mol. The van der Waals surface area contributed by atoms with E-state index >= 15 is 0 Å². The molecule has 5 nitrogen and oxygen atoms in total. The Morgan fingerprint density at radius 1 is 1.29 bits per heavy atom. The van der Waals surface area contributed by atoms with Crippen LogP contribution in [0.25, 0.3) is 10.6 Å². The first kappa shape index (κ1) is 20.9. The molecule has 0 bridgehead atoms. The number of aryl methyl sites for hydroxylation is 2. The number of rotatable bonds is 9. The molecule has 1 saturated heterocycles. The second-order valence-corrected chi connectivity index (χ2v) is 8.27. The Balaban J connectivity index is 1.64. The van der Waals surface area contributed by atoms with E-state index < -0.39 is 11.9 Å². The average Bonchev–Trinajstić information content (AvgIpc) is 3.37.